The monoisotopic (exact) mass is 384 g/mol. The topological polar surface area (TPSA) is 82.9 Å². The van der Waals surface area contributed by atoms with E-state index in [0.29, 0.717) is 5.69 Å². The molecule has 2 aliphatic heterocycles. The van der Waals surface area contributed by atoms with Crippen molar-refractivity contribution >= 4 is 17.1 Å². The number of nitro benzene ring substituents is 1. The first-order valence-electron chi connectivity index (χ1n) is 9.02. The Morgan fingerprint density at radius 1 is 1.19 bits per heavy atom. The van der Waals surface area contributed by atoms with Gasteiger partial charge in [0.2, 0.25) is 0 Å². The molecule has 2 N–H and O–H groups in total. The Labute approximate surface area is 160 Å². The van der Waals surface area contributed by atoms with Crippen LogP contribution in [0.5, 0.6) is 0 Å². The van der Waals surface area contributed by atoms with E-state index in [2.05, 4.69) is 20.4 Å². The molecule has 2 aliphatic rings. The highest BCUT2D eigenvalue weighted by Gasteiger charge is 2.18. The van der Waals surface area contributed by atoms with Crippen molar-refractivity contribution in [2.75, 3.05) is 75.8 Å². The van der Waals surface area contributed by atoms with Gasteiger partial charge < -0.3 is 32.7 Å². The fourth-order valence-electron chi connectivity index (χ4n) is 3.30. The lowest BCUT2D eigenvalue weighted by molar-refractivity contribution is -0.383. The summed E-state index contributed by atoms with van der Waals surface area (Å²) in [5.41, 5.74) is 1.80. The molecule has 2 saturated heterocycles. The van der Waals surface area contributed by atoms with Crippen molar-refractivity contribution in [3.63, 3.8) is 0 Å². The number of morpholine rings is 1. The minimum atomic E-state index is -0.314. The Bertz CT molecular complexity index is 578. The van der Waals surface area contributed by atoms with Crippen LogP contribution in [-0.2, 0) is 4.74 Å². The minimum Gasteiger partial charge on any atom is -1.00 e. The molecule has 0 bridgehead atoms. The lowest BCUT2D eigenvalue weighted by Crippen LogP contribution is -3.00. The van der Waals surface area contributed by atoms with Crippen molar-refractivity contribution in [1.29, 1.82) is 0 Å². The van der Waals surface area contributed by atoms with E-state index in [1.54, 1.807) is 6.07 Å². The number of nitrogens with one attached hydrogen (secondary N) is 2. The van der Waals surface area contributed by atoms with Crippen LogP contribution < -0.4 is 27.9 Å². The highest BCUT2D eigenvalue weighted by atomic mass is 35.5. The fraction of sp³-hybridized carbons (Fsp3) is 0.647. The summed E-state index contributed by atoms with van der Waals surface area (Å²) < 4.78 is 5.35. The predicted octanol–water partition coefficient (Wildman–Crippen LogP) is -1.86. The van der Waals surface area contributed by atoms with Gasteiger partial charge in [-0.25, -0.2) is 0 Å². The zero-order valence-electron chi connectivity index (χ0n) is 15.0. The van der Waals surface area contributed by atoms with Crippen molar-refractivity contribution in [1.82, 2.24) is 10.2 Å². The minimum absolute atomic E-state index is 0. The van der Waals surface area contributed by atoms with E-state index in [1.807, 2.05) is 12.1 Å². The molecule has 0 aliphatic carbocycles. The SMILES string of the molecule is O=[N+]([O-])c1ccc(N2CCNCC2)cc1NCCCN1CCOCC1.[Cl-]. The summed E-state index contributed by atoms with van der Waals surface area (Å²) in [5.74, 6) is 0. The number of rotatable bonds is 7. The lowest BCUT2D eigenvalue weighted by atomic mass is 10.2. The normalized spacial score (nSPS) is 18.2. The molecule has 8 nitrogen and oxygen atoms in total. The summed E-state index contributed by atoms with van der Waals surface area (Å²) >= 11 is 0. The van der Waals surface area contributed by atoms with Gasteiger partial charge in [-0.2, -0.15) is 0 Å². The molecule has 0 atom stereocenters. The van der Waals surface area contributed by atoms with E-state index in [4.69, 9.17) is 4.74 Å². The van der Waals surface area contributed by atoms with Gasteiger partial charge in [0.25, 0.3) is 5.69 Å². The van der Waals surface area contributed by atoms with E-state index in [-0.39, 0.29) is 23.0 Å². The van der Waals surface area contributed by atoms with Crippen LogP contribution in [0.4, 0.5) is 17.1 Å². The van der Waals surface area contributed by atoms with Crippen molar-refractivity contribution in [2.45, 2.75) is 6.42 Å². The molecule has 0 unspecified atom stereocenters. The molecule has 0 amide bonds. The van der Waals surface area contributed by atoms with Crippen LogP contribution in [0.1, 0.15) is 6.42 Å². The van der Waals surface area contributed by atoms with Gasteiger partial charge in [-0.3, -0.25) is 15.0 Å². The van der Waals surface area contributed by atoms with Gasteiger partial charge >= 0.3 is 0 Å². The second-order valence-electron chi connectivity index (χ2n) is 6.43. The summed E-state index contributed by atoms with van der Waals surface area (Å²) in [6.45, 7) is 8.99. The maximum Gasteiger partial charge on any atom is 0.292 e. The first-order chi connectivity index (χ1) is 12.2. The Balaban J connectivity index is 0.00000243. The molecule has 2 heterocycles. The van der Waals surface area contributed by atoms with Gasteiger partial charge in [0.15, 0.2) is 0 Å². The molecule has 146 valence electrons. The number of hydrogen-bond donors (Lipinski definition) is 2. The molecule has 0 aromatic heterocycles. The van der Waals surface area contributed by atoms with Gasteiger partial charge in [-0.05, 0) is 25.1 Å². The van der Waals surface area contributed by atoms with Gasteiger partial charge in [0.1, 0.15) is 5.69 Å². The first kappa shape index (κ1) is 20.7. The molecule has 0 radical (unpaired) electrons. The third-order valence-corrected chi connectivity index (χ3v) is 4.73. The van der Waals surface area contributed by atoms with E-state index in [9.17, 15) is 10.1 Å². The second kappa shape index (κ2) is 10.5. The van der Waals surface area contributed by atoms with Crippen LogP contribution in [0, 0.1) is 10.1 Å². The molecule has 1 aromatic carbocycles. The highest BCUT2D eigenvalue weighted by molar-refractivity contribution is 5.69. The molecule has 1 aromatic rings. The third kappa shape index (κ3) is 5.70. The van der Waals surface area contributed by atoms with Crippen LogP contribution in [-0.4, -0.2) is 75.4 Å². The fourth-order valence-corrected chi connectivity index (χ4v) is 3.30. The van der Waals surface area contributed by atoms with Gasteiger partial charge in [-0.15, -0.1) is 0 Å². The summed E-state index contributed by atoms with van der Waals surface area (Å²) in [6.07, 6.45) is 0.953. The number of hydrogen-bond acceptors (Lipinski definition) is 7. The van der Waals surface area contributed by atoms with Crippen molar-refractivity contribution in [2.24, 2.45) is 0 Å². The lowest BCUT2D eigenvalue weighted by Gasteiger charge is -2.29. The van der Waals surface area contributed by atoms with Crippen LogP contribution in [0.15, 0.2) is 18.2 Å². The zero-order chi connectivity index (χ0) is 17.5. The van der Waals surface area contributed by atoms with Crippen LogP contribution >= 0.6 is 0 Å². The number of ether oxygens (including phenoxy) is 1. The van der Waals surface area contributed by atoms with Gasteiger partial charge in [0, 0.05) is 57.6 Å². The summed E-state index contributed by atoms with van der Waals surface area (Å²) in [7, 11) is 0. The van der Waals surface area contributed by atoms with E-state index >= 15 is 0 Å². The maximum atomic E-state index is 11.3. The number of benzene rings is 1. The van der Waals surface area contributed by atoms with Gasteiger partial charge in [-0.1, -0.05) is 0 Å². The van der Waals surface area contributed by atoms with Gasteiger partial charge in [0.05, 0.1) is 18.1 Å². The zero-order valence-corrected chi connectivity index (χ0v) is 15.7. The predicted molar refractivity (Wildman–Crippen MR) is 98.5 cm³/mol. The molecule has 0 spiro atoms. The van der Waals surface area contributed by atoms with Crippen molar-refractivity contribution in [3.8, 4) is 0 Å². The number of nitrogens with zero attached hydrogens (tertiary/aromatic N) is 3. The smallest absolute Gasteiger partial charge is 0.292 e. The second-order valence-corrected chi connectivity index (χ2v) is 6.43. The van der Waals surface area contributed by atoms with E-state index in [0.717, 1.165) is 77.7 Å². The molecule has 26 heavy (non-hydrogen) atoms. The molecular weight excluding hydrogens is 358 g/mol. The Morgan fingerprint density at radius 3 is 2.62 bits per heavy atom. The van der Waals surface area contributed by atoms with Crippen molar-refractivity contribution in [3.05, 3.63) is 28.3 Å². The largest absolute Gasteiger partial charge is 1.00 e. The molecule has 2 fully saturated rings. The van der Waals surface area contributed by atoms with Crippen LogP contribution in [0.3, 0.4) is 0 Å². The van der Waals surface area contributed by atoms with Crippen LogP contribution in [0.2, 0.25) is 0 Å². The van der Waals surface area contributed by atoms with E-state index < -0.39 is 0 Å². The number of piperazine rings is 1. The maximum absolute atomic E-state index is 11.3. The summed E-state index contributed by atoms with van der Waals surface area (Å²) in [5, 5.41) is 17.9. The van der Waals surface area contributed by atoms with Crippen molar-refractivity contribution < 1.29 is 22.1 Å². The Hall–Kier alpha value is -1.61. The Morgan fingerprint density at radius 2 is 1.92 bits per heavy atom. The number of halogens is 1. The molecular formula is C17H27ClN5O3-. The Kier molecular flexibility index (Phi) is 8.37. The third-order valence-electron chi connectivity index (χ3n) is 4.73. The summed E-state index contributed by atoms with van der Waals surface area (Å²) in [6, 6.07) is 5.38. The average molecular weight is 385 g/mol. The molecule has 9 heteroatoms. The number of nitro groups is 1. The molecule has 3 rings (SSSR count). The summed E-state index contributed by atoms with van der Waals surface area (Å²) in [4.78, 5) is 15.6. The molecule has 0 saturated carbocycles. The first-order valence-corrected chi connectivity index (χ1v) is 9.02. The van der Waals surface area contributed by atoms with E-state index in [1.165, 1.54) is 0 Å². The quantitative estimate of drug-likeness (QED) is 0.324. The number of anilines is 2. The standard InChI is InChI=1S/C17H27N5O3.ClH/c23-22(24)17-3-2-15(21-8-5-18-6-9-21)14-16(17)19-4-1-7-20-10-12-25-13-11-20;/h2-3,14,18-19H,1,4-13H2;1H/p-1. The average Bonchev–Trinajstić information content (AvgIpc) is 2.66. The highest BCUT2D eigenvalue weighted by Crippen LogP contribution is 2.29. The van der Waals surface area contributed by atoms with Crippen LogP contribution in [0.25, 0.3) is 0 Å².